The van der Waals surface area contributed by atoms with Crippen LogP contribution in [0.5, 0.6) is 0 Å². The van der Waals surface area contributed by atoms with Gasteiger partial charge in [0.25, 0.3) is 0 Å². The Morgan fingerprint density at radius 2 is 1.12 bits per heavy atom. The lowest BCUT2D eigenvalue weighted by Gasteiger charge is -1.93. The highest BCUT2D eigenvalue weighted by Crippen LogP contribution is 2.02. The summed E-state index contributed by atoms with van der Waals surface area (Å²) in [5.41, 5.74) is 0. The van der Waals surface area contributed by atoms with Gasteiger partial charge in [0.05, 0.1) is 0 Å². The van der Waals surface area contributed by atoms with E-state index < -0.39 is 0 Å². The maximum absolute atomic E-state index is 10.1. The van der Waals surface area contributed by atoms with Crippen molar-refractivity contribution in [3.63, 3.8) is 0 Å². The molecule has 0 spiro atoms. The number of nitrogens with zero attached hydrogens (tertiary/aromatic N) is 1. The van der Waals surface area contributed by atoms with E-state index >= 15 is 0 Å². The zero-order valence-corrected chi connectivity index (χ0v) is 14.6. The van der Waals surface area contributed by atoms with Crippen LogP contribution in [0.2, 0.25) is 0 Å². The van der Waals surface area contributed by atoms with Gasteiger partial charge in [0.1, 0.15) is 6.29 Å². The van der Waals surface area contributed by atoms with Crippen molar-refractivity contribution in [2.75, 3.05) is 6.54 Å². The normalized spacial score (nSPS) is 12.2. The Labute approximate surface area is 146 Å². The molecule has 0 saturated carbocycles. The van der Waals surface area contributed by atoms with Gasteiger partial charge in [0, 0.05) is 17.8 Å². The van der Waals surface area contributed by atoms with Gasteiger partial charge in [0.15, 0.2) is 0 Å². The minimum absolute atomic E-state index is 0.0932. The Balaban J connectivity index is 3.39. The molecule has 0 aromatic rings. The summed E-state index contributed by atoms with van der Waals surface area (Å²) in [4.78, 5) is 20.0. The molecule has 0 N–H and O–H groups in total. The van der Waals surface area contributed by atoms with Crippen LogP contribution in [0, 0.1) is 10.1 Å². The van der Waals surface area contributed by atoms with E-state index in [0.29, 0.717) is 12.8 Å². The first kappa shape index (κ1) is 22.0. The zero-order valence-electron chi connectivity index (χ0n) is 14.6. The van der Waals surface area contributed by atoms with Crippen LogP contribution >= 0.6 is 0 Å². The first-order valence-electron chi connectivity index (χ1n) is 8.92. The summed E-state index contributed by atoms with van der Waals surface area (Å²) in [6.45, 7) is 0.0932. The van der Waals surface area contributed by atoms with E-state index in [2.05, 4.69) is 48.6 Å². The van der Waals surface area contributed by atoms with Crippen molar-refractivity contribution in [1.82, 2.24) is 0 Å². The Morgan fingerprint density at radius 1 is 0.625 bits per heavy atom. The van der Waals surface area contributed by atoms with Gasteiger partial charge in [-0.25, -0.2) is 0 Å². The van der Waals surface area contributed by atoms with E-state index in [1.807, 2.05) is 0 Å². The number of rotatable bonds is 16. The second-order valence-electron chi connectivity index (χ2n) is 5.60. The third-order valence-electron chi connectivity index (χ3n) is 3.39. The lowest BCUT2D eigenvalue weighted by atomic mass is 10.2. The summed E-state index contributed by atoms with van der Waals surface area (Å²) in [5.74, 6) is 0. The molecule has 0 bridgehead atoms. The van der Waals surface area contributed by atoms with Crippen molar-refractivity contribution in [3.8, 4) is 0 Å². The predicted octanol–water partition coefficient (Wildman–Crippen LogP) is 5.59. The molecule has 0 unspecified atom stereocenters. The molecule has 0 radical (unpaired) electrons. The second kappa shape index (κ2) is 19.1. The van der Waals surface area contributed by atoms with Crippen LogP contribution in [0.15, 0.2) is 48.6 Å². The molecule has 0 amide bonds. The summed E-state index contributed by atoms with van der Waals surface area (Å²) in [5, 5.41) is 10.1. The molecule has 0 aliphatic rings. The van der Waals surface area contributed by atoms with Crippen molar-refractivity contribution >= 4 is 6.29 Å². The maximum atomic E-state index is 10.1. The number of hydrogen-bond donors (Lipinski definition) is 0. The summed E-state index contributed by atoms with van der Waals surface area (Å²) in [7, 11) is 0. The van der Waals surface area contributed by atoms with Crippen molar-refractivity contribution in [3.05, 3.63) is 58.7 Å². The van der Waals surface area contributed by atoms with E-state index in [-0.39, 0.29) is 11.5 Å². The highest BCUT2D eigenvalue weighted by atomic mass is 16.6. The molecule has 0 saturated heterocycles. The zero-order chi connectivity index (χ0) is 17.7. The molecule has 0 aliphatic carbocycles. The lowest BCUT2D eigenvalue weighted by Crippen LogP contribution is -1.99. The smallest absolute Gasteiger partial charge is 0.203 e. The van der Waals surface area contributed by atoms with Crippen molar-refractivity contribution < 1.29 is 9.72 Å². The molecular formula is C20H31NO3. The minimum atomic E-state index is -0.249. The average Bonchev–Trinajstić information content (AvgIpc) is 2.56. The quantitative estimate of drug-likeness (QED) is 0.122. The predicted molar refractivity (Wildman–Crippen MR) is 101 cm³/mol. The third-order valence-corrected chi connectivity index (χ3v) is 3.39. The Bertz CT molecular complexity index is 423. The van der Waals surface area contributed by atoms with E-state index in [9.17, 15) is 14.9 Å². The van der Waals surface area contributed by atoms with E-state index in [0.717, 1.165) is 57.7 Å². The van der Waals surface area contributed by atoms with Gasteiger partial charge in [-0.05, 0) is 51.4 Å². The Morgan fingerprint density at radius 3 is 1.62 bits per heavy atom. The molecule has 0 rings (SSSR count). The summed E-state index contributed by atoms with van der Waals surface area (Å²) in [6, 6.07) is 0. The molecule has 0 heterocycles. The molecule has 0 aromatic carbocycles. The van der Waals surface area contributed by atoms with Crippen LogP contribution in [0.25, 0.3) is 0 Å². The number of carbonyl (C=O) groups is 1. The largest absolute Gasteiger partial charge is 0.303 e. The highest BCUT2D eigenvalue weighted by Gasteiger charge is 1.94. The molecule has 0 aliphatic heterocycles. The van der Waals surface area contributed by atoms with Gasteiger partial charge in [-0.15, -0.1) is 0 Å². The number of allylic oxidation sites excluding steroid dienone is 8. The van der Waals surface area contributed by atoms with E-state index in [1.165, 1.54) is 0 Å². The number of aldehydes is 1. The third kappa shape index (κ3) is 20.0. The van der Waals surface area contributed by atoms with Gasteiger partial charge in [-0.2, -0.15) is 0 Å². The van der Waals surface area contributed by atoms with Gasteiger partial charge < -0.3 is 4.79 Å². The Hall–Kier alpha value is -1.97. The first-order valence-corrected chi connectivity index (χ1v) is 8.92. The number of unbranched alkanes of at least 4 members (excludes halogenated alkanes) is 5. The van der Waals surface area contributed by atoms with Gasteiger partial charge in [-0.3, -0.25) is 10.1 Å². The number of carbonyl (C=O) groups excluding carboxylic acids is 1. The van der Waals surface area contributed by atoms with E-state index in [4.69, 9.17) is 0 Å². The topological polar surface area (TPSA) is 60.2 Å². The number of hydrogen-bond acceptors (Lipinski definition) is 3. The highest BCUT2D eigenvalue weighted by molar-refractivity contribution is 5.49. The minimum Gasteiger partial charge on any atom is -0.303 e. The van der Waals surface area contributed by atoms with Crippen LogP contribution in [0.3, 0.4) is 0 Å². The van der Waals surface area contributed by atoms with Gasteiger partial charge in [0.2, 0.25) is 6.54 Å². The average molecular weight is 333 g/mol. The van der Waals surface area contributed by atoms with Crippen LogP contribution in [-0.2, 0) is 4.79 Å². The molecule has 0 atom stereocenters. The summed E-state index contributed by atoms with van der Waals surface area (Å²) in [6.07, 6.45) is 27.2. The fourth-order valence-electron chi connectivity index (χ4n) is 2.05. The summed E-state index contributed by atoms with van der Waals surface area (Å²) >= 11 is 0. The fourth-order valence-corrected chi connectivity index (χ4v) is 2.05. The Kier molecular flexibility index (Phi) is 17.5. The SMILES string of the molecule is O=CCCCC=CCC=CCC=CCC=CCCCCC[N+](=O)[O-]. The standard InChI is InChI=1S/C20H31NO3/c22-20-18-16-14-12-10-8-6-4-2-1-3-5-7-9-11-13-15-17-19-21(23)24/h1,3-4,6-7,9-10,12,20H,2,5,8,11,13-19H2. The molecule has 24 heavy (non-hydrogen) atoms. The first-order chi connectivity index (χ1) is 11.8. The van der Waals surface area contributed by atoms with Crippen LogP contribution in [0.1, 0.15) is 64.2 Å². The molecule has 0 fully saturated rings. The monoisotopic (exact) mass is 333 g/mol. The second-order valence-corrected chi connectivity index (χ2v) is 5.60. The molecular weight excluding hydrogens is 302 g/mol. The lowest BCUT2D eigenvalue weighted by molar-refractivity contribution is -0.480. The number of nitro groups is 1. The van der Waals surface area contributed by atoms with Crippen LogP contribution in [0.4, 0.5) is 0 Å². The van der Waals surface area contributed by atoms with Crippen LogP contribution in [-0.4, -0.2) is 17.8 Å². The molecule has 0 aromatic heterocycles. The fraction of sp³-hybridized carbons (Fsp3) is 0.550. The van der Waals surface area contributed by atoms with Crippen LogP contribution < -0.4 is 0 Å². The van der Waals surface area contributed by atoms with Gasteiger partial charge >= 0.3 is 0 Å². The maximum Gasteiger partial charge on any atom is 0.203 e. The van der Waals surface area contributed by atoms with E-state index in [1.54, 1.807) is 0 Å². The molecule has 4 nitrogen and oxygen atoms in total. The molecule has 134 valence electrons. The van der Waals surface area contributed by atoms with Crippen molar-refractivity contribution in [2.45, 2.75) is 64.2 Å². The van der Waals surface area contributed by atoms with Crippen molar-refractivity contribution in [2.24, 2.45) is 0 Å². The molecule has 4 heteroatoms. The summed E-state index contributed by atoms with van der Waals surface area (Å²) < 4.78 is 0. The van der Waals surface area contributed by atoms with Crippen molar-refractivity contribution in [1.29, 1.82) is 0 Å². The van der Waals surface area contributed by atoms with Gasteiger partial charge in [-0.1, -0.05) is 48.6 Å².